The van der Waals surface area contributed by atoms with Crippen LogP contribution in [0.2, 0.25) is 0 Å². The number of pyridine rings is 1. The molecule has 1 saturated heterocycles. The van der Waals surface area contributed by atoms with Crippen molar-refractivity contribution in [3.63, 3.8) is 0 Å². The van der Waals surface area contributed by atoms with Crippen LogP contribution in [-0.2, 0) is 11.2 Å². The molecule has 0 radical (unpaired) electrons. The molecule has 0 unspecified atom stereocenters. The van der Waals surface area contributed by atoms with Gasteiger partial charge in [0.2, 0.25) is 0 Å². The Morgan fingerprint density at radius 1 is 1.12 bits per heavy atom. The Balaban J connectivity index is 0.000000493. The van der Waals surface area contributed by atoms with Gasteiger partial charge < -0.3 is 10.4 Å². The van der Waals surface area contributed by atoms with Crippen molar-refractivity contribution < 1.29 is 40.6 Å². The molecule has 2 aliphatic heterocycles. The molecule has 0 spiro atoms. The number of carbonyl (C=O) groups is 1. The zero-order valence-corrected chi connectivity index (χ0v) is 21.9. The maximum Gasteiger partial charge on any atom is 0.490 e. The highest BCUT2D eigenvalue weighted by Gasteiger charge is 2.42. The zero-order valence-electron chi connectivity index (χ0n) is 21.9. The average molecular weight is 591 g/mol. The summed E-state index contributed by atoms with van der Waals surface area (Å²) in [5.41, 5.74) is 4.16. The molecule has 0 saturated carbocycles. The Bertz CT molecular complexity index is 1320. The molecule has 3 N–H and O–H groups in total. The monoisotopic (exact) mass is 590 g/mol. The number of carboxylic acid groups (broad SMARTS) is 1. The Kier molecular flexibility index (Phi) is 9.07. The SMILES string of the molecule is C[C@@H]1Cc2c(ccc3[nH]ncc23)[C@@H](c2ccc(NC3CN(CCCF)C3)cn2)N1CC(F)(F)F.O=C(O)C(F)(F)F. The van der Waals surface area contributed by atoms with E-state index in [0.717, 1.165) is 47.4 Å². The summed E-state index contributed by atoms with van der Waals surface area (Å²) in [6.45, 7) is 2.97. The van der Waals surface area contributed by atoms with Gasteiger partial charge in [-0.15, -0.1) is 0 Å². The summed E-state index contributed by atoms with van der Waals surface area (Å²) in [6.07, 6.45) is -4.90. The Morgan fingerprint density at radius 3 is 2.41 bits per heavy atom. The van der Waals surface area contributed by atoms with E-state index in [1.165, 1.54) is 4.90 Å². The number of anilines is 1. The second-order valence-corrected chi connectivity index (χ2v) is 10.1. The topological polar surface area (TPSA) is 97.4 Å². The number of halogens is 7. The van der Waals surface area contributed by atoms with Crippen molar-refractivity contribution in [2.45, 2.75) is 50.2 Å². The fourth-order valence-electron chi connectivity index (χ4n) is 5.22. The van der Waals surface area contributed by atoms with E-state index in [0.29, 0.717) is 18.5 Å². The number of carboxylic acids is 1. The van der Waals surface area contributed by atoms with Gasteiger partial charge >= 0.3 is 18.3 Å². The quantitative estimate of drug-likeness (QED) is 0.336. The number of aromatic nitrogens is 3. The van der Waals surface area contributed by atoms with E-state index in [2.05, 4.69) is 25.4 Å². The minimum absolute atomic E-state index is 0.263. The van der Waals surface area contributed by atoms with E-state index < -0.39 is 30.9 Å². The maximum atomic E-state index is 13.5. The molecule has 0 aliphatic carbocycles. The van der Waals surface area contributed by atoms with Crippen LogP contribution in [0.5, 0.6) is 0 Å². The van der Waals surface area contributed by atoms with Gasteiger partial charge in [0.05, 0.1) is 54.6 Å². The minimum atomic E-state index is -5.08. The lowest BCUT2D eigenvalue weighted by molar-refractivity contribution is -0.192. The molecule has 2 aromatic heterocycles. The van der Waals surface area contributed by atoms with Crippen LogP contribution < -0.4 is 5.32 Å². The molecule has 1 fully saturated rings. The van der Waals surface area contributed by atoms with Gasteiger partial charge in [-0.3, -0.25) is 24.3 Å². The summed E-state index contributed by atoms with van der Waals surface area (Å²) in [4.78, 5) is 17.2. The highest BCUT2D eigenvalue weighted by atomic mass is 19.4. The number of nitrogens with one attached hydrogen (secondary N) is 2. The second-order valence-electron chi connectivity index (χ2n) is 10.1. The first-order valence-corrected chi connectivity index (χ1v) is 12.8. The molecule has 1 aromatic carbocycles. The number of nitrogens with zero attached hydrogens (tertiary/aromatic N) is 4. The van der Waals surface area contributed by atoms with Crippen molar-refractivity contribution in [2.75, 3.05) is 38.2 Å². The highest BCUT2D eigenvalue weighted by molar-refractivity contribution is 5.83. The van der Waals surface area contributed by atoms with Crippen LogP contribution in [0.3, 0.4) is 0 Å². The first-order valence-electron chi connectivity index (χ1n) is 12.8. The van der Waals surface area contributed by atoms with Gasteiger partial charge in [-0.25, -0.2) is 4.79 Å². The number of fused-ring (bicyclic) bond motifs is 3. The second kappa shape index (κ2) is 12.2. The van der Waals surface area contributed by atoms with Gasteiger partial charge in [0.1, 0.15) is 0 Å². The van der Waals surface area contributed by atoms with Crippen LogP contribution in [0, 0.1) is 0 Å². The minimum Gasteiger partial charge on any atom is -0.475 e. The number of aromatic amines is 1. The first-order chi connectivity index (χ1) is 19.3. The van der Waals surface area contributed by atoms with E-state index >= 15 is 0 Å². The van der Waals surface area contributed by atoms with Gasteiger partial charge in [-0.1, -0.05) is 6.07 Å². The summed E-state index contributed by atoms with van der Waals surface area (Å²) >= 11 is 0. The molecule has 4 heterocycles. The average Bonchev–Trinajstić information content (AvgIpc) is 3.35. The third kappa shape index (κ3) is 7.44. The van der Waals surface area contributed by atoms with Crippen molar-refractivity contribution in [1.82, 2.24) is 25.0 Å². The fraction of sp³-hybridized carbons (Fsp3) is 0.500. The van der Waals surface area contributed by atoms with Gasteiger partial charge in [0, 0.05) is 31.1 Å². The summed E-state index contributed by atoms with van der Waals surface area (Å²) in [5, 5.41) is 18.6. The van der Waals surface area contributed by atoms with Crippen LogP contribution >= 0.6 is 0 Å². The zero-order chi connectivity index (χ0) is 29.9. The molecular formula is C26H29F7N6O2. The van der Waals surface area contributed by atoms with Crippen molar-refractivity contribution in [2.24, 2.45) is 0 Å². The predicted molar refractivity (Wildman–Crippen MR) is 136 cm³/mol. The number of likely N-dealkylation sites (tertiary alicyclic amines) is 1. The Hall–Kier alpha value is -3.46. The molecule has 2 atom stereocenters. The molecule has 8 nitrogen and oxygen atoms in total. The van der Waals surface area contributed by atoms with Gasteiger partial charge in [-0.05, 0) is 49.1 Å². The lowest BCUT2D eigenvalue weighted by Crippen LogP contribution is -2.54. The lowest BCUT2D eigenvalue weighted by atomic mass is 9.85. The van der Waals surface area contributed by atoms with E-state index in [4.69, 9.17) is 9.90 Å². The third-order valence-corrected chi connectivity index (χ3v) is 7.07. The smallest absolute Gasteiger partial charge is 0.475 e. The van der Waals surface area contributed by atoms with Crippen molar-refractivity contribution in [1.29, 1.82) is 0 Å². The lowest BCUT2D eigenvalue weighted by Gasteiger charge is -2.42. The summed E-state index contributed by atoms with van der Waals surface area (Å²) < 4.78 is 84.7. The van der Waals surface area contributed by atoms with E-state index in [1.54, 1.807) is 12.4 Å². The van der Waals surface area contributed by atoms with Crippen LogP contribution in [0.15, 0.2) is 36.7 Å². The molecule has 2 aliphatic rings. The molecule has 224 valence electrons. The molecule has 15 heteroatoms. The van der Waals surface area contributed by atoms with Crippen molar-refractivity contribution in [3.8, 4) is 0 Å². The number of alkyl halides is 7. The fourth-order valence-corrected chi connectivity index (χ4v) is 5.22. The first kappa shape index (κ1) is 30.5. The number of H-pyrrole nitrogens is 1. The number of hydrogen-bond donors (Lipinski definition) is 3. The number of rotatable bonds is 7. The molecule has 41 heavy (non-hydrogen) atoms. The standard InChI is InChI=1S/C24H28F4N6.C2HF3O2/c1-15-9-19-18(4-6-21-20(19)11-30-32-21)23(34(15)14-24(26,27)28)22-5-3-16(10-29-22)31-17-12-33(13-17)8-2-7-25;3-2(4,5)1(6)7/h3-6,10-11,15,17,23,31H,2,7-9,12-14H2,1H3,(H,30,32);(H,6,7)/t15-,23+;/m1./s1. The number of aliphatic carboxylic acids is 1. The highest BCUT2D eigenvalue weighted by Crippen LogP contribution is 2.41. The van der Waals surface area contributed by atoms with E-state index in [9.17, 15) is 30.7 Å². The van der Waals surface area contributed by atoms with Crippen LogP contribution in [0.25, 0.3) is 10.9 Å². The summed E-state index contributed by atoms with van der Waals surface area (Å²) in [6, 6.07) is 6.81. The number of hydrogen-bond acceptors (Lipinski definition) is 6. The summed E-state index contributed by atoms with van der Waals surface area (Å²) in [7, 11) is 0. The molecule has 5 rings (SSSR count). The Morgan fingerprint density at radius 2 is 1.83 bits per heavy atom. The predicted octanol–water partition coefficient (Wildman–Crippen LogP) is 4.95. The van der Waals surface area contributed by atoms with Crippen molar-refractivity contribution >= 4 is 22.6 Å². The summed E-state index contributed by atoms with van der Waals surface area (Å²) in [5.74, 6) is -2.76. The van der Waals surface area contributed by atoms with E-state index in [-0.39, 0.29) is 18.8 Å². The van der Waals surface area contributed by atoms with E-state index in [1.807, 2.05) is 31.2 Å². The molecule has 0 bridgehead atoms. The van der Waals surface area contributed by atoms with Gasteiger partial charge in [0.15, 0.2) is 0 Å². The normalized spacial score (nSPS) is 20.2. The van der Waals surface area contributed by atoms with Crippen molar-refractivity contribution in [3.05, 3.63) is 53.5 Å². The molecular weight excluding hydrogens is 561 g/mol. The maximum absolute atomic E-state index is 13.5. The van der Waals surface area contributed by atoms with Crippen LogP contribution in [0.1, 0.15) is 36.2 Å². The number of benzene rings is 1. The van der Waals surface area contributed by atoms with Gasteiger partial charge in [-0.2, -0.15) is 31.4 Å². The molecule has 0 amide bonds. The van der Waals surface area contributed by atoms with Crippen LogP contribution in [-0.4, -0.2) is 93.3 Å². The third-order valence-electron chi connectivity index (χ3n) is 7.07. The Labute approximate surface area is 230 Å². The van der Waals surface area contributed by atoms with Gasteiger partial charge in [0.25, 0.3) is 0 Å². The molecule has 3 aromatic rings. The van der Waals surface area contributed by atoms with Crippen LogP contribution in [0.4, 0.5) is 36.4 Å². The largest absolute Gasteiger partial charge is 0.490 e.